The number of thiazole rings is 1. The van der Waals surface area contributed by atoms with Gasteiger partial charge in [-0.05, 0) is 13.3 Å². The molecule has 0 aliphatic heterocycles. The molecule has 0 spiro atoms. The Labute approximate surface area is 124 Å². The number of amides is 1. The van der Waals surface area contributed by atoms with Crippen molar-refractivity contribution in [1.82, 2.24) is 9.88 Å². The molecule has 0 radical (unpaired) electrons. The molecule has 0 aliphatic carbocycles. The van der Waals surface area contributed by atoms with Crippen molar-refractivity contribution in [2.45, 2.75) is 26.7 Å². The second-order valence-corrected chi connectivity index (χ2v) is 5.88. The van der Waals surface area contributed by atoms with Gasteiger partial charge in [-0.2, -0.15) is 0 Å². The number of unbranched alkanes of at least 4 members (excludes halogenated alkanes) is 1. The van der Waals surface area contributed by atoms with E-state index in [4.69, 9.17) is 0 Å². The number of carbonyl (C=O) groups excluding carboxylic acids is 1. The summed E-state index contributed by atoms with van der Waals surface area (Å²) in [5.41, 5.74) is 1.89. The molecule has 106 valence electrons. The predicted molar refractivity (Wildman–Crippen MR) is 84.2 cm³/mol. The lowest BCUT2D eigenvalue weighted by molar-refractivity contribution is 0.0797. The van der Waals surface area contributed by atoms with Crippen molar-refractivity contribution in [3.8, 4) is 10.6 Å². The van der Waals surface area contributed by atoms with Gasteiger partial charge in [-0.15, -0.1) is 11.3 Å². The number of nitrogens with zero attached hydrogens (tertiary/aromatic N) is 2. The van der Waals surface area contributed by atoms with Crippen molar-refractivity contribution in [2.75, 3.05) is 13.6 Å². The first-order chi connectivity index (χ1) is 9.63. The maximum Gasteiger partial charge on any atom is 0.265 e. The van der Waals surface area contributed by atoms with Crippen LogP contribution in [0.25, 0.3) is 10.6 Å². The van der Waals surface area contributed by atoms with Gasteiger partial charge in [0, 0.05) is 19.2 Å². The maximum absolute atomic E-state index is 12.4. The Morgan fingerprint density at radius 2 is 2.00 bits per heavy atom. The minimum Gasteiger partial charge on any atom is -0.341 e. The molecule has 1 aromatic carbocycles. The lowest BCUT2D eigenvalue weighted by Crippen LogP contribution is -2.27. The Hall–Kier alpha value is -1.68. The van der Waals surface area contributed by atoms with Gasteiger partial charge in [-0.1, -0.05) is 43.7 Å². The molecule has 0 aliphatic rings. The van der Waals surface area contributed by atoms with Gasteiger partial charge in [0.05, 0.1) is 5.69 Å². The number of benzene rings is 1. The predicted octanol–water partition coefficient (Wildman–Crippen LogP) is 3.99. The quantitative estimate of drug-likeness (QED) is 0.833. The molecule has 0 N–H and O–H groups in total. The lowest BCUT2D eigenvalue weighted by Gasteiger charge is -2.15. The van der Waals surface area contributed by atoms with Crippen LogP contribution in [0.15, 0.2) is 30.3 Å². The third-order valence-electron chi connectivity index (χ3n) is 3.21. The van der Waals surface area contributed by atoms with E-state index >= 15 is 0 Å². The Morgan fingerprint density at radius 1 is 1.30 bits per heavy atom. The van der Waals surface area contributed by atoms with E-state index in [1.54, 1.807) is 4.90 Å². The zero-order valence-corrected chi connectivity index (χ0v) is 13.0. The highest BCUT2D eigenvalue weighted by Crippen LogP contribution is 2.28. The van der Waals surface area contributed by atoms with Crippen molar-refractivity contribution in [1.29, 1.82) is 0 Å². The molecule has 3 nitrogen and oxygen atoms in total. The number of hydrogen-bond donors (Lipinski definition) is 0. The van der Waals surface area contributed by atoms with Gasteiger partial charge in [-0.25, -0.2) is 4.98 Å². The molecule has 1 heterocycles. The van der Waals surface area contributed by atoms with Crippen molar-refractivity contribution < 1.29 is 4.79 Å². The van der Waals surface area contributed by atoms with Gasteiger partial charge in [0.1, 0.15) is 9.88 Å². The summed E-state index contributed by atoms with van der Waals surface area (Å²) in [4.78, 5) is 19.5. The van der Waals surface area contributed by atoms with E-state index < -0.39 is 0 Å². The van der Waals surface area contributed by atoms with Crippen LogP contribution in [0, 0.1) is 6.92 Å². The van der Waals surface area contributed by atoms with E-state index in [-0.39, 0.29) is 5.91 Å². The molecule has 0 saturated carbocycles. The summed E-state index contributed by atoms with van der Waals surface area (Å²) in [6, 6.07) is 10.00. The number of aryl methyl sites for hydroxylation is 1. The van der Waals surface area contributed by atoms with Gasteiger partial charge >= 0.3 is 0 Å². The third kappa shape index (κ3) is 3.25. The molecule has 1 aromatic heterocycles. The lowest BCUT2D eigenvalue weighted by atomic mass is 10.2. The first-order valence-corrected chi connectivity index (χ1v) is 7.73. The number of aromatic nitrogens is 1. The van der Waals surface area contributed by atoms with Gasteiger partial charge in [0.2, 0.25) is 0 Å². The summed E-state index contributed by atoms with van der Waals surface area (Å²) >= 11 is 1.48. The van der Waals surface area contributed by atoms with Gasteiger partial charge < -0.3 is 4.90 Å². The molecule has 2 aromatic rings. The van der Waals surface area contributed by atoms with Crippen LogP contribution in [-0.2, 0) is 0 Å². The van der Waals surface area contributed by atoms with Crippen LogP contribution in [0.3, 0.4) is 0 Å². The molecule has 0 atom stereocenters. The van der Waals surface area contributed by atoms with E-state index in [1.165, 1.54) is 11.3 Å². The zero-order valence-electron chi connectivity index (χ0n) is 12.2. The number of carbonyl (C=O) groups is 1. The summed E-state index contributed by atoms with van der Waals surface area (Å²) in [6.45, 7) is 4.83. The van der Waals surface area contributed by atoms with Crippen molar-refractivity contribution in [3.63, 3.8) is 0 Å². The van der Waals surface area contributed by atoms with E-state index in [0.717, 1.165) is 40.5 Å². The summed E-state index contributed by atoms with van der Waals surface area (Å²) in [5, 5.41) is 0.912. The first kappa shape index (κ1) is 14.7. The number of rotatable bonds is 5. The summed E-state index contributed by atoms with van der Waals surface area (Å²) in [7, 11) is 1.86. The average Bonchev–Trinajstić information content (AvgIpc) is 2.87. The average molecular weight is 288 g/mol. The van der Waals surface area contributed by atoms with E-state index in [0.29, 0.717) is 0 Å². The molecule has 4 heteroatoms. The highest BCUT2D eigenvalue weighted by molar-refractivity contribution is 7.17. The van der Waals surface area contributed by atoms with Crippen LogP contribution in [0.4, 0.5) is 0 Å². The van der Waals surface area contributed by atoms with Gasteiger partial charge in [-0.3, -0.25) is 4.79 Å². The summed E-state index contributed by atoms with van der Waals surface area (Å²) in [5.74, 6) is 0.0793. The van der Waals surface area contributed by atoms with Crippen molar-refractivity contribution >= 4 is 17.2 Å². The Balaban J connectivity index is 2.21. The molecule has 20 heavy (non-hydrogen) atoms. The molecule has 0 bridgehead atoms. The maximum atomic E-state index is 12.4. The Morgan fingerprint density at radius 3 is 2.65 bits per heavy atom. The second kappa shape index (κ2) is 6.66. The fourth-order valence-electron chi connectivity index (χ4n) is 1.97. The minimum absolute atomic E-state index is 0.0793. The summed E-state index contributed by atoms with van der Waals surface area (Å²) < 4.78 is 0. The molecule has 0 unspecified atom stereocenters. The van der Waals surface area contributed by atoms with E-state index in [1.807, 2.05) is 44.3 Å². The van der Waals surface area contributed by atoms with Crippen LogP contribution in [0.1, 0.15) is 35.1 Å². The van der Waals surface area contributed by atoms with Crippen LogP contribution in [0.2, 0.25) is 0 Å². The molecule has 0 fully saturated rings. The second-order valence-electron chi connectivity index (χ2n) is 4.88. The highest BCUT2D eigenvalue weighted by Gasteiger charge is 2.19. The Bertz CT molecular complexity index is 577. The smallest absolute Gasteiger partial charge is 0.265 e. The normalized spacial score (nSPS) is 10.6. The third-order valence-corrected chi connectivity index (χ3v) is 4.40. The molecular formula is C16H20N2OS. The van der Waals surface area contributed by atoms with Crippen LogP contribution >= 0.6 is 11.3 Å². The van der Waals surface area contributed by atoms with Gasteiger partial charge in [0.15, 0.2) is 0 Å². The fraction of sp³-hybridized carbons (Fsp3) is 0.375. The van der Waals surface area contributed by atoms with Crippen molar-refractivity contribution in [3.05, 3.63) is 40.9 Å². The molecule has 0 saturated heterocycles. The monoisotopic (exact) mass is 288 g/mol. The van der Waals surface area contributed by atoms with Crippen LogP contribution in [0.5, 0.6) is 0 Å². The largest absolute Gasteiger partial charge is 0.341 e. The minimum atomic E-state index is 0.0793. The Kier molecular flexibility index (Phi) is 4.90. The van der Waals surface area contributed by atoms with Gasteiger partial charge in [0.25, 0.3) is 5.91 Å². The highest BCUT2D eigenvalue weighted by atomic mass is 32.1. The standard InChI is InChI=1S/C16H20N2OS/c1-4-5-11-18(3)16(19)14-12(2)17-15(20-14)13-9-7-6-8-10-13/h6-10H,4-5,11H2,1-3H3. The van der Waals surface area contributed by atoms with Crippen LogP contribution in [-0.4, -0.2) is 29.4 Å². The number of hydrogen-bond acceptors (Lipinski definition) is 3. The fourth-order valence-corrected chi connectivity index (χ4v) is 3.04. The molecular weight excluding hydrogens is 268 g/mol. The SMILES string of the molecule is CCCCN(C)C(=O)c1sc(-c2ccccc2)nc1C. The van der Waals surface area contributed by atoms with E-state index in [9.17, 15) is 4.79 Å². The zero-order chi connectivity index (χ0) is 14.5. The molecule has 1 amide bonds. The first-order valence-electron chi connectivity index (χ1n) is 6.91. The molecule has 2 rings (SSSR count). The van der Waals surface area contributed by atoms with E-state index in [2.05, 4.69) is 11.9 Å². The summed E-state index contributed by atoms with van der Waals surface area (Å²) in [6.07, 6.45) is 2.13. The topological polar surface area (TPSA) is 33.2 Å². The van der Waals surface area contributed by atoms with Crippen molar-refractivity contribution in [2.24, 2.45) is 0 Å². The van der Waals surface area contributed by atoms with Crippen LogP contribution < -0.4 is 0 Å².